The van der Waals surface area contributed by atoms with Crippen LogP contribution in [0.2, 0.25) is 0 Å². The van der Waals surface area contributed by atoms with Crippen molar-refractivity contribution >= 4 is 28.8 Å². The fraction of sp³-hybridized carbons (Fsp3) is 0.200. The number of hydrogen-bond donors (Lipinski definition) is 2. The van der Waals surface area contributed by atoms with Crippen LogP contribution < -0.4 is 20.7 Å². The first kappa shape index (κ1) is 19.2. The van der Waals surface area contributed by atoms with Gasteiger partial charge in [-0.2, -0.15) is 0 Å². The number of ether oxygens (including phenoxy) is 1. The minimum atomic E-state index is -0.664. The molecule has 0 saturated heterocycles. The monoisotopic (exact) mass is 413 g/mol. The van der Waals surface area contributed by atoms with Gasteiger partial charge in [-0.25, -0.2) is 0 Å². The second-order valence-electron chi connectivity index (χ2n) is 8.38. The van der Waals surface area contributed by atoms with Crippen LogP contribution in [0, 0.1) is 0 Å². The van der Waals surface area contributed by atoms with Gasteiger partial charge in [-0.3, -0.25) is 9.59 Å². The molecule has 2 aliphatic rings. The zero-order valence-corrected chi connectivity index (χ0v) is 17.7. The highest BCUT2D eigenvalue weighted by Crippen LogP contribution is 2.58. The first-order valence-corrected chi connectivity index (χ1v) is 10.1. The molecule has 5 rings (SSSR count). The molecule has 1 spiro atoms. The van der Waals surface area contributed by atoms with E-state index in [-0.39, 0.29) is 11.7 Å². The summed E-state index contributed by atoms with van der Waals surface area (Å²) in [7, 11) is 3.95. The van der Waals surface area contributed by atoms with Gasteiger partial charge in [0.15, 0.2) is 5.78 Å². The third kappa shape index (κ3) is 2.79. The van der Waals surface area contributed by atoms with Crippen LogP contribution in [0.1, 0.15) is 40.4 Å². The number of ketones is 1. The minimum absolute atomic E-state index is 0.0366. The smallest absolute Gasteiger partial charge is 0.221 e. The van der Waals surface area contributed by atoms with Crippen LogP contribution in [0.15, 0.2) is 54.6 Å². The Bertz CT molecular complexity index is 1260. The van der Waals surface area contributed by atoms with E-state index < -0.39 is 5.41 Å². The number of carbonyl (C=O) groups excluding carboxylic acids is 2. The molecule has 1 unspecified atom stereocenters. The van der Waals surface area contributed by atoms with Crippen molar-refractivity contribution in [3.63, 3.8) is 0 Å². The highest BCUT2D eigenvalue weighted by molar-refractivity contribution is 6.06. The zero-order chi connectivity index (χ0) is 21.9. The molecule has 1 aliphatic heterocycles. The van der Waals surface area contributed by atoms with Crippen LogP contribution in [0.25, 0.3) is 0 Å². The minimum Gasteiger partial charge on any atom is -0.457 e. The molecule has 6 nitrogen and oxygen atoms in total. The maximum Gasteiger partial charge on any atom is 0.221 e. The predicted molar refractivity (Wildman–Crippen MR) is 121 cm³/mol. The molecule has 3 aromatic rings. The van der Waals surface area contributed by atoms with E-state index in [9.17, 15) is 9.59 Å². The van der Waals surface area contributed by atoms with Crippen LogP contribution >= 0.6 is 0 Å². The Kier molecular flexibility index (Phi) is 4.09. The van der Waals surface area contributed by atoms with Crippen molar-refractivity contribution in [1.82, 2.24) is 0 Å². The van der Waals surface area contributed by atoms with Gasteiger partial charge >= 0.3 is 0 Å². The number of Topliss-reactive ketones (excluding diaryl/α,β-unsaturated/α-hetero) is 1. The number of nitrogens with two attached hydrogens (primary N) is 1. The molecule has 0 saturated carbocycles. The summed E-state index contributed by atoms with van der Waals surface area (Å²) < 4.78 is 6.29. The van der Waals surface area contributed by atoms with Crippen molar-refractivity contribution in [1.29, 1.82) is 0 Å². The summed E-state index contributed by atoms with van der Waals surface area (Å²) in [6.07, 6.45) is 0.292. The molecule has 156 valence electrons. The van der Waals surface area contributed by atoms with Gasteiger partial charge in [-0.15, -0.1) is 0 Å². The standard InChI is InChI=1S/C25H23N3O3/c1-14(29)27-16-5-8-19-18(11-16)22(30)13-25(19)20-7-4-15(26)10-23(20)31-24-12-17(28(2)3)6-9-21(24)25/h4-12H,13,26H2,1-3H3,(H,27,29). The van der Waals surface area contributed by atoms with Gasteiger partial charge < -0.3 is 20.7 Å². The Hall–Kier alpha value is -3.80. The molecule has 31 heavy (non-hydrogen) atoms. The van der Waals surface area contributed by atoms with Gasteiger partial charge in [0.05, 0.1) is 5.41 Å². The van der Waals surface area contributed by atoms with Crippen molar-refractivity contribution in [2.24, 2.45) is 0 Å². The third-order valence-corrected chi connectivity index (χ3v) is 6.15. The molecule has 3 aromatic carbocycles. The normalized spacial score (nSPS) is 18.1. The Morgan fingerprint density at radius 1 is 1.00 bits per heavy atom. The fourth-order valence-corrected chi connectivity index (χ4v) is 4.81. The maximum absolute atomic E-state index is 13.3. The third-order valence-electron chi connectivity index (χ3n) is 6.15. The SMILES string of the molecule is CC(=O)Nc1ccc2c(c1)C(=O)CC21c2ccc(N)cc2Oc2cc(N(C)C)ccc21. The number of fused-ring (bicyclic) bond motifs is 6. The van der Waals surface area contributed by atoms with E-state index in [4.69, 9.17) is 10.5 Å². The van der Waals surface area contributed by atoms with Crippen molar-refractivity contribution in [2.45, 2.75) is 18.8 Å². The lowest BCUT2D eigenvalue weighted by Crippen LogP contribution is -2.31. The summed E-state index contributed by atoms with van der Waals surface area (Å²) in [5, 5.41) is 2.77. The van der Waals surface area contributed by atoms with Crippen molar-refractivity contribution < 1.29 is 14.3 Å². The van der Waals surface area contributed by atoms with E-state index in [0.29, 0.717) is 29.1 Å². The quantitative estimate of drug-likeness (QED) is 0.611. The van der Waals surface area contributed by atoms with Gasteiger partial charge in [0.25, 0.3) is 0 Å². The van der Waals surface area contributed by atoms with Crippen molar-refractivity contribution in [3.05, 3.63) is 76.9 Å². The lowest BCUT2D eigenvalue weighted by Gasteiger charge is -2.38. The molecule has 3 N–H and O–H groups in total. The number of hydrogen-bond acceptors (Lipinski definition) is 5. The summed E-state index contributed by atoms with van der Waals surface area (Å²) >= 11 is 0. The molecule has 0 bridgehead atoms. The largest absolute Gasteiger partial charge is 0.457 e. The lowest BCUT2D eigenvalue weighted by molar-refractivity contribution is -0.114. The van der Waals surface area contributed by atoms with Gasteiger partial charge in [0.1, 0.15) is 11.5 Å². The summed E-state index contributed by atoms with van der Waals surface area (Å²) in [6.45, 7) is 1.45. The topological polar surface area (TPSA) is 84.7 Å². The first-order valence-electron chi connectivity index (χ1n) is 10.1. The highest BCUT2D eigenvalue weighted by Gasteiger charge is 2.51. The van der Waals surface area contributed by atoms with E-state index >= 15 is 0 Å². The molecule has 6 heteroatoms. The van der Waals surface area contributed by atoms with E-state index in [1.807, 2.05) is 67.5 Å². The zero-order valence-electron chi connectivity index (χ0n) is 17.7. The fourth-order valence-electron chi connectivity index (χ4n) is 4.81. The van der Waals surface area contributed by atoms with Crippen molar-refractivity contribution in [2.75, 3.05) is 30.0 Å². The van der Waals surface area contributed by atoms with Crippen LogP contribution in [-0.4, -0.2) is 25.8 Å². The number of carbonyl (C=O) groups is 2. The number of benzene rings is 3. The number of rotatable bonds is 2. The van der Waals surface area contributed by atoms with Gasteiger partial charge in [0, 0.05) is 73.3 Å². The number of anilines is 3. The molecule has 0 fully saturated rings. The molecular weight excluding hydrogens is 390 g/mol. The van der Waals surface area contributed by atoms with Gasteiger partial charge in [-0.05, 0) is 29.8 Å². The molecule has 0 radical (unpaired) electrons. The van der Waals surface area contributed by atoms with Gasteiger partial charge in [-0.1, -0.05) is 18.2 Å². The summed E-state index contributed by atoms with van der Waals surface area (Å²) in [5.74, 6) is 1.24. The summed E-state index contributed by atoms with van der Waals surface area (Å²) in [5.41, 5.74) is 11.0. The van der Waals surface area contributed by atoms with E-state index in [2.05, 4.69) is 5.32 Å². The first-order chi connectivity index (χ1) is 14.8. The Morgan fingerprint density at radius 2 is 1.68 bits per heavy atom. The maximum atomic E-state index is 13.3. The van der Waals surface area contributed by atoms with Gasteiger partial charge in [0.2, 0.25) is 5.91 Å². The second kappa shape index (κ2) is 6.60. The Morgan fingerprint density at radius 3 is 2.39 bits per heavy atom. The predicted octanol–water partition coefficient (Wildman–Crippen LogP) is 4.32. The van der Waals surface area contributed by atoms with Crippen LogP contribution in [0.5, 0.6) is 11.5 Å². The van der Waals surface area contributed by atoms with Crippen molar-refractivity contribution in [3.8, 4) is 11.5 Å². The molecule has 1 atom stereocenters. The van der Waals surface area contributed by atoms with Crippen LogP contribution in [-0.2, 0) is 10.2 Å². The number of amides is 1. The average Bonchev–Trinajstić information content (AvgIpc) is 2.99. The molecule has 0 aromatic heterocycles. The molecule has 1 amide bonds. The summed E-state index contributed by atoms with van der Waals surface area (Å²) in [6, 6.07) is 17.3. The van der Waals surface area contributed by atoms with E-state index in [1.165, 1.54) is 6.92 Å². The van der Waals surface area contributed by atoms with Crippen LogP contribution in [0.3, 0.4) is 0 Å². The molecule has 1 aliphatic carbocycles. The summed E-state index contributed by atoms with van der Waals surface area (Å²) in [4.78, 5) is 26.8. The van der Waals surface area contributed by atoms with Crippen LogP contribution in [0.4, 0.5) is 17.1 Å². The highest BCUT2D eigenvalue weighted by atomic mass is 16.5. The second-order valence-corrected chi connectivity index (χ2v) is 8.38. The molecular formula is C25H23N3O3. The number of nitrogens with one attached hydrogen (secondary N) is 1. The number of nitrogen functional groups attached to an aromatic ring is 1. The van der Waals surface area contributed by atoms with E-state index in [1.54, 1.807) is 6.07 Å². The Labute approximate surface area is 180 Å². The number of nitrogens with zero attached hydrogens (tertiary/aromatic N) is 1. The lowest BCUT2D eigenvalue weighted by atomic mass is 9.68. The van der Waals surface area contributed by atoms with E-state index in [0.717, 1.165) is 28.1 Å². The molecule has 1 heterocycles. The average molecular weight is 413 g/mol. The Balaban J connectivity index is 1.79.